The molecular weight excluding hydrogens is 262 g/mol. The van der Waals surface area contributed by atoms with Crippen LogP contribution < -0.4 is 14.2 Å². The lowest BCUT2D eigenvalue weighted by Crippen LogP contribution is -2.34. The zero-order valence-electron chi connectivity index (χ0n) is 9.74. The minimum absolute atomic E-state index is 0.102. The van der Waals surface area contributed by atoms with Crippen molar-refractivity contribution in [1.82, 2.24) is 4.72 Å². The fourth-order valence-corrected chi connectivity index (χ4v) is 1.53. The van der Waals surface area contributed by atoms with Gasteiger partial charge < -0.3 is 14.6 Å². The predicted molar refractivity (Wildman–Crippen MR) is 64.0 cm³/mol. The van der Waals surface area contributed by atoms with Crippen molar-refractivity contribution in [3.63, 3.8) is 0 Å². The fourth-order valence-electron chi connectivity index (χ4n) is 1.12. The summed E-state index contributed by atoms with van der Waals surface area (Å²) in [5.74, 6) is 1.19. The Bertz CT molecular complexity index is 458. The van der Waals surface area contributed by atoms with Gasteiger partial charge in [-0.1, -0.05) is 0 Å². The lowest BCUT2D eigenvalue weighted by atomic mass is 10.3. The van der Waals surface area contributed by atoms with Crippen LogP contribution in [-0.4, -0.2) is 44.4 Å². The van der Waals surface area contributed by atoms with Crippen LogP contribution in [-0.2, 0) is 10.3 Å². The first-order valence-electron chi connectivity index (χ1n) is 5.07. The number of ether oxygens (including phenoxy) is 2. The molecule has 0 radical (unpaired) electrons. The first-order chi connectivity index (χ1) is 8.40. The Morgan fingerprint density at radius 2 is 1.83 bits per heavy atom. The van der Waals surface area contributed by atoms with Crippen molar-refractivity contribution in [2.75, 3.05) is 20.3 Å². The zero-order valence-corrected chi connectivity index (χ0v) is 10.6. The van der Waals surface area contributed by atoms with Crippen LogP contribution in [0.2, 0.25) is 0 Å². The van der Waals surface area contributed by atoms with Gasteiger partial charge in [-0.25, -0.2) is 0 Å². The Hall–Kier alpha value is -1.35. The van der Waals surface area contributed by atoms with Crippen LogP contribution in [0.5, 0.6) is 11.5 Å². The van der Waals surface area contributed by atoms with E-state index < -0.39 is 16.4 Å². The Morgan fingerprint density at radius 3 is 2.33 bits per heavy atom. The van der Waals surface area contributed by atoms with Crippen LogP contribution in [0.1, 0.15) is 0 Å². The van der Waals surface area contributed by atoms with E-state index in [0.29, 0.717) is 11.5 Å². The Balaban J connectivity index is 2.35. The molecule has 1 rings (SSSR count). The number of aliphatic hydroxyl groups excluding tert-OH is 1. The monoisotopic (exact) mass is 277 g/mol. The Kier molecular flexibility index (Phi) is 5.35. The summed E-state index contributed by atoms with van der Waals surface area (Å²) in [5.41, 5.74) is 0. The summed E-state index contributed by atoms with van der Waals surface area (Å²) in [6, 6.07) is 6.69. The molecule has 102 valence electrons. The highest BCUT2D eigenvalue weighted by Crippen LogP contribution is 2.16. The normalized spacial score (nSPS) is 13.1. The molecule has 1 atom stereocenters. The lowest BCUT2D eigenvalue weighted by Gasteiger charge is -2.12. The van der Waals surface area contributed by atoms with Gasteiger partial charge in [-0.15, -0.1) is 0 Å². The molecule has 0 unspecified atom stereocenters. The summed E-state index contributed by atoms with van der Waals surface area (Å²) in [6.07, 6.45) is -1.06. The molecule has 0 fully saturated rings. The summed E-state index contributed by atoms with van der Waals surface area (Å²) in [5, 5.41) is 9.39. The summed E-state index contributed by atoms with van der Waals surface area (Å²) in [6.45, 7) is -0.427. The molecule has 0 aliphatic heterocycles. The number of hydrogen-bond acceptors (Lipinski definition) is 5. The third-order valence-electron chi connectivity index (χ3n) is 2.00. The molecule has 0 saturated carbocycles. The minimum Gasteiger partial charge on any atom is -0.497 e. The molecule has 7 nitrogen and oxygen atoms in total. The van der Waals surface area contributed by atoms with E-state index in [1.807, 2.05) is 0 Å². The zero-order chi connectivity index (χ0) is 13.6. The van der Waals surface area contributed by atoms with Crippen molar-refractivity contribution >= 4 is 10.3 Å². The van der Waals surface area contributed by atoms with Gasteiger partial charge in [0.1, 0.15) is 24.2 Å². The molecule has 0 amide bonds. The third kappa shape index (κ3) is 5.82. The van der Waals surface area contributed by atoms with Crippen LogP contribution in [0.25, 0.3) is 0 Å². The van der Waals surface area contributed by atoms with Crippen molar-refractivity contribution in [1.29, 1.82) is 0 Å². The maximum Gasteiger partial charge on any atom is 0.333 e. The van der Waals surface area contributed by atoms with Crippen molar-refractivity contribution in [3.8, 4) is 11.5 Å². The molecule has 18 heavy (non-hydrogen) atoms. The van der Waals surface area contributed by atoms with Crippen LogP contribution >= 0.6 is 0 Å². The van der Waals surface area contributed by atoms with E-state index in [1.165, 1.54) is 0 Å². The van der Waals surface area contributed by atoms with Gasteiger partial charge in [-0.2, -0.15) is 13.1 Å². The second-order valence-corrected chi connectivity index (χ2v) is 4.70. The maximum atomic E-state index is 10.4. The van der Waals surface area contributed by atoms with E-state index in [2.05, 4.69) is 0 Å². The van der Waals surface area contributed by atoms with Gasteiger partial charge in [0.15, 0.2) is 0 Å². The lowest BCUT2D eigenvalue weighted by molar-refractivity contribution is 0.110. The van der Waals surface area contributed by atoms with Gasteiger partial charge in [0.05, 0.1) is 7.11 Å². The summed E-state index contributed by atoms with van der Waals surface area (Å²) in [7, 11) is -2.75. The molecule has 0 spiro atoms. The van der Waals surface area contributed by atoms with E-state index >= 15 is 0 Å². The molecule has 3 N–H and O–H groups in total. The second kappa shape index (κ2) is 6.55. The molecule has 0 bridgehead atoms. The van der Waals surface area contributed by atoms with Gasteiger partial charge in [-0.3, -0.25) is 4.55 Å². The summed E-state index contributed by atoms with van der Waals surface area (Å²) >= 11 is 0. The molecular formula is C10H15NO6S. The predicted octanol–water partition coefficient (Wildman–Crippen LogP) is -0.173. The second-order valence-electron chi connectivity index (χ2n) is 3.46. The standard InChI is InChI=1S/C10H15NO6S/c1-16-9-2-4-10(5-3-9)17-7-8(12)6-11-18(13,14)15/h2-5,8,11-12H,6-7H2,1H3,(H,13,14,15)/t8-/m0/s1. The van der Waals surface area contributed by atoms with Crippen LogP contribution in [0.4, 0.5) is 0 Å². The molecule has 0 heterocycles. The molecule has 1 aromatic rings. The molecule has 0 aliphatic rings. The molecule has 8 heteroatoms. The smallest absolute Gasteiger partial charge is 0.333 e. The molecule has 0 aromatic heterocycles. The first kappa shape index (κ1) is 14.7. The van der Waals surface area contributed by atoms with Crippen LogP contribution in [0.3, 0.4) is 0 Å². The Labute approximate surface area is 105 Å². The Morgan fingerprint density at radius 1 is 1.28 bits per heavy atom. The van der Waals surface area contributed by atoms with Gasteiger partial charge in [0.2, 0.25) is 0 Å². The average Bonchev–Trinajstić information content (AvgIpc) is 2.33. The van der Waals surface area contributed by atoms with E-state index in [9.17, 15) is 13.5 Å². The number of aliphatic hydroxyl groups is 1. The van der Waals surface area contributed by atoms with E-state index in [0.717, 1.165) is 0 Å². The SMILES string of the molecule is COc1ccc(OC[C@@H](O)CNS(=O)(=O)O)cc1. The third-order valence-corrected chi connectivity index (χ3v) is 2.53. The van der Waals surface area contributed by atoms with E-state index in [4.69, 9.17) is 14.0 Å². The van der Waals surface area contributed by atoms with E-state index in [-0.39, 0.29) is 13.2 Å². The molecule has 0 aliphatic carbocycles. The topological polar surface area (TPSA) is 105 Å². The number of hydrogen-bond donors (Lipinski definition) is 3. The van der Waals surface area contributed by atoms with Gasteiger partial charge in [-0.05, 0) is 24.3 Å². The van der Waals surface area contributed by atoms with E-state index in [1.54, 1.807) is 36.1 Å². The number of benzene rings is 1. The summed E-state index contributed by atoms with van der Waals surface area (Å²) < 4.78 is 41.0. The number of nitrogens with one attached hydrogen (secondary N) is 1. The molecule has 0 saturated heterocycles. The van der Waals surface area contributed by atoms with Crippen LogP contribution in [0.15, 0.2) is 24.3 Å². The van der Waals surface area contributed by atoms with Crippen molar-refractivity contribution in [2.45, 2.75) is 6.10 Å². The van der Waals surface area contributed by atoms with Crippen LogP contribution in [0, 0.1) is 0 Å². The van der Waals surface area contributed by atoms with Crippen molar-refractivity contribution in [3.05, 3.63) is 24.3 Å². The highest BCUT2D eigenvalue weighted by Gasteiger charge is 2.09. The number of methoxy groups -OCH3 is 1. The highest BCUT2D eigenvalue weighted by atomic mass is 32.2. The van der Waals surface area contributed by atoms with Gasteiger partial charge >= 0.3 is 10.3 Å². The quantitative estimate of drug-likeness (QED) is 0.597. The van der Waals surface area contributed by atoms with Gasteiger partial charge in [0, 0.05) is 6.54 Å². The minimum atomic E-state index is -4.29. The highest BCUT2D eigenvalue weighted by molar-refractivity contribution is 7.83. The maximum absolute atomic E-state index is 10.4. The largest absolute Gasteiger partial charge is 0.497 e. The fraction of sp³-hybridized carbons (Fsp3) is 0.400. The molecule has 1 aromatic carbocycles. The van der Waals surface area contributed by atoms with Crippen molar-refractivity contribution in [2.24, 2.45) is 0 Å². The average molecular weight is 277 g/mol. The van der Waals surface area contributed by atoms with Crippen molar-refractivity contribution < 1.29 is 27.6 Å². The first-order valence-corrected chi connectivity index (χ1v) is 6.51. The van der Waals surface area contributed by atoms with Gasteiger partial charge in [0.25, 0.3) is 0 Å². The summed E-state index contributed by atoms with van der Waals surface area (Å²) in [4.78, 5) is 0. The number of rotatable bonds is 7.